The summed E-state index contributed by atoms with van der Waals surface area (Å²) in [5.41, 5.74) is 2.96. The number of piperazine rings is 1. The minimum atomic E-state index is -0.0675. The molecule has 186 valence electrons. The van der Waals surface area contributed by atoms with E-state index in [2.05, 4.69) is 26.3 Å². The summed E-state index contributed by atoms with van der Waals surface area (Å²) < 4.78 is 5.20. The second kappa shape index (κ2) is 12.0. The summed E-state index contributed by atoms with van der Waals surface area (Å²) in [6.07, 6.45) is 1.22. The summed E-state index contributed by atoms with van der Waals surface area (Å²) in [6.45, 7) is 5.41. The van der Waals surface area contributed by atoms with Crippen LogP contribution in [0.15, 0.2) is 53.6 Å². The Morgan fingerprint density at radius 1 is 1.06 bits per heavy atom. The average molecular weight is 498 g/mol. The monoisotopic (exact) mass is 497 g/mol. The number of benzene rings is 2. The number of carbonyl (C=O) groups is 2. The number of nitrogens with zero attached hydrogens (tertiary/aromatic N) is 4. The second-order valence-corrected chi connectivity index (χ2v) is 9.14. The second-order valence-electron chi connectivity index (χ2n) is 8.70. The predicted octanol–water partition coefficient (Wildman–Crippen LogP) is 3.00. The molecule has 1 fully saturated rings. The van der Waals surface area contributed by atoms with Crippen LogP contribution in [0.5, 0.6) is 5.75 Å². The van der Waals surface area contributed by atoms with Crippen molar-refractivity contribution in [3.05, 3.63) is 59.1 Å². The number of anilines is 1. The van der Waals surface area contributed by atoms with Crippen LogP contribution in [0.25, 0.3) is 0 Å². The van der Waals surface area contributed by atoms with Crippen molar-refractivity contribution in [3.8, 4) is 5.75 Å². The molecular formula is C26H32ClN5O3. The van der Waals surface area contributed by atoms with Crippen molar-refractivity contribution in [1.29, 1.82) is 0 Å². The lowest BCUT2D eigenvalue weighted by molar-refractivity contribution is -0.132. The summed E-state index contributed by atoms with van der Waals surface area (Å²) in [6, 6.07) is 15.6. The van der Waals surface area contributed by atoms with E-state index in [0.29, 0.717) is 19.4 Å². The molecule has 0 aliphatic carbocycles. The molecule has 2 heterocycles. The van der Waals surface area contributed by atoms with Crippen molar-refractivity contribution >= 4 is 34.8 Å². The van der Waals surface area contributed by atoms with Crippen molar-refractivity contribution in [1.82, 2.24) is 15.2 Å². The quantitative estimate of drug-likeness (QED) is 0.576. The van der Waals surface area contributed by atoms with E-state index in [4.69, 9.17) is 16.3 Å². The van der Waals surface area contributed by atoms with Gasteiger partial charge in [0.05, 0.1) is 19.4 Å². The van der Waals surface area contributed by atoms with Gasteiger partial charge in [0.2, 0.25) is 11.8 Å². The van der Waals surface area contributed by atoms with E-state index < -0.39 is 0 Å². The number of amides is 2. The molecule has 0 unspecified atom stereocenters. The van der Waals surface area contributed by atoms with Crippen LogP contribution in [0.1, 0.15) is 24.8 Å². The van der Waals surface area contributed by atoms with Crippen LogP contribution in [0.2, 0.25) is 5.02 Å². The SMILES string of the molecule is COc1ccc(C2=NN(CCC(=O)NCCN3CCN(c4cccc(Cl)c4)CC3)C(=O)CC2)cc1. The minimum Gasteiger partial charge on any atom is -0.497 e. The number of rotatable bonds is 9. The molecule has 2 aliphatic rings. The lowest BCUT2D eigenvalue weighted by atomic mass is 10.0. The molecule has 0 atom stereocenters. The van der Waals surface area contributed by atoms with Crippen LogP contribution in [0.4, 0.5) is 5.69 Å². The smallest absolute Gasteiger partial charge is 0.243 e. The third-order valence-electron chi connectivity index (χ3n) is 6.37. The first-order valence-corrected chi connectivity index (χ1v) is 12.4. The zero-order valence-electron chi connectivity index (χ0n) is 20.1. The van der Waals surface area contributed by atoms with Gasteiger partial charge in [0.15, 0.2) is 0 Å². The van der Waals surface area contributed by atoms with Crippen molar-refractivity contribution in [3.63, 3.8) is 0 Å². The van der Waals surface area contributed by atoms with Gasteiger partial charge >= 0.3 is 0 Å². The van der Waals surface area contributed by atoms with Gasteiger partial charge in [-0.05, 0) is 48.0 Å². The van der Waals surface area contributed by atoms with Gasteiger partial charge in [0.25, 0.3) is 0 Å². The van der Waals surface area contributed by atoms with Gasteiger partial charge in [-0.1, -0.05) is 17.7 Å². The summed E-state index contributed by atoms with van der Waals surface area (Å²) in [4.78, 5) is 29.4. The zero-order chi connectivity index (χ0) is 24.6. The van der Waals surface area contributed by atoms with Gasteiger partial charge < -0.3 is 15.0 Å². The molecular weight excluding hydrogens is 466 g/mol. The standard InChI is InChI=1S/C26H32ClN5O3/c1-35-23-7-5-20(6-8-23)24-9-10-26(34)32(29-24)13-11-25(33)28-12-14-30-15-17-31(18-16-30)22-4-2-3-21(27)19-22/h2-8,19H,9-18H2,1H3,(H,28,33). The molecule has 0 aromatic heterocycles. The Morgan fingerprint density at radius 3 is 2.54 bits per heavy atom. The number of methoxy groups -OCH3 is 1. The fraction of sp³-hybridized carbons (Fsp3) is 0.423. The first-order chi connectivity index (χ1) is 17.0. The molecule has 2 aliphatic heterocycles. The molecule has 8 nitrogen and oxygen atoms in total. The number of carbonyl (C=O) groups excluding carboxylic acids is 2. The highest BCUT2D eigenvalue weighted by atomic mass is 35.5. The van der Waals surface area contributed by atoms with Crippen molar-refractivity contribution in [2.75, 3.05) is 57.8 Å². The molecule has 1 N–H and O–H groups in total. The molecule has 2 aromatic rings. The summed E-state index contributed by atoms with van der Waals surface area (Å²) in [5.74, 6) is 0.660. The topological polar surface area (TPSA) is 77.5 Å². The third-order valence-corrected chi connectivity index (χ3v) is 6.61. The maximum atomic E-state index is 12.4. The molecule has 0 bridgehead atoms. The fourth-order valence-electron chi connectivity index (χ4n) is 4.32. The van der Waals surface area contributed by atoms with Crippen molar-refractivity contribution in [2.45, 2.75) is 19.3 Å². The fourth-order valence-corrected chi connectivity index (χ4v) is 4.50. The normalized spacial score (nSPS) is 16.7. The summed E-state index contributed by atoms with van der Waals surface area (Å²) in [5, 5.41) is 9.67. The van der Waals surface area contributed by atoms with E-state index in [0.717, 1.165) is 60.5 Å². The van der Waals surface area contributed by atoms with E-state index in [-0.39, 0.29) is 24.8 Å². The van der Waals surface area contributed by atoms with Crippen LogP contribution >= 0.6 is 11.6 Å². The number of halogens is 1. The minimum absolute atomic E-state index is 0.0485. The maximum Gasteiger partial charge on any atom is 0.243 e. The van der Waals surface area contributed by atoms with Gasteiger partial charge in [-0.15, -0.1) is 0 Å². The lowest BCUT2D eigenvalue weighted by Crippen LogP contribution is -2.48. The van der Waals surface area contributed by atoms with E-state index >= 15 is 0 Å². The lowest BCUT2D eigenvalue weighted by Gasteiger charge is -2.36. The highest BCUT2D eigenvalue weighted by Gasteiger charge is 2.22. The Labute approximate surface area is 211 Å². The molecule has 9 heteroatoms. The number of hydrogen-bond acceptors (Lipinski definition) is 6. The van der Waals surface area contributed by atoms with Gasteiger partial charge in [-0.25, -0.2) is 5.01 Å². The van der Waals surface area contributed by atoms with E-state index in [1.54, 1.807) is 7.11 Å². The first-order valence-electron chi connectivity index (χ1n) is 12.0. The van der Waals surface area contributed by atoms with Crippen LogP contribution in [0, 0.1) is 0 Å². The Morgan fingerprint density at radius 2 is 1.83 bits per heavy atom. The average Bonchev–Trinajstić information content (AvgIpc) is 2.89. The molecule has 0 saturated carbocycles. The summed E-state index contributed by atoms with van der Waals surface area (Å²) >= 11 is 6.11. The van der Waals surface area contributed by atoms with E-state index in [9.17, 15) is 9.59 Å². The molecule has 0 radical (unpaired) electrons. The highest BCUT2D eigenvalue weighted by molar-refractivity contribution is 6.30. The molecule has 2 aromatic carbocycles. The number of nitrogens with one attached hydrogen (secondary N) is 1. The number of ether oxygens (including phenoxy) is 1. The van der Waals surface area contributed by atoms with Crippen molar-refractivity contribution in [2.24, 2.45) is 5.10 Å². The van der Waals surface area contributed by atoms with E-state index in [1.165, 1.54) is 5.01 Å². The van der Waals surface area contributed by atoms with Crippen LogP contribution in [0.3, 0.4) is 0 Å². The molecule has 1 saturated heterocycles. The largest absolute Gasteiger partial charge is 0.497 e. The molecule has 2 amide bonds. The molecule has 35 heavy (non-hydrogen) atoms. The number of hydrazone groups is 1. The highest BCUT2D eigenvalue weighted by Crippen LogP contribution is 2.21. The third kappa shape index (κ3) is 6.96. The Hall–Kier alpha value is -3.10. The Balaban J connectivity index is 1.17. The van der Waals surface area contributed by atoms with Crippen LogP contribution < -0.4 is 15.0 Å². The maximum absolute atomic E-state index is 12.4. The van der Waals surface area contributed by atoms with E-state index in [1.807, 2.05) is 42.5 Å². The van der Waals surface area contributed by atoms with Crippen LogP contribution in [-0.2, 0) is 9.59 Å². The van der Waals surface area contributed by atoms with Gasteiger partial charge in [-0.3, -0.25) is 14.5 Å². The Kier molecular flexibility index (Phi) is 8.60. The predicted molar refractivity (Wildman–Crippen MR) is 138 cm³/mol. The summed E-state index contributed by atoms with van der Waals surface area (Å²) in [7, 11) is 1.63. The van der Waals surface area contributed by atoms with Crippen molar-refractivity contribution < 1.29 is 14.3 Å². The van der Waals surface area contributed by atoms with Gasteiger partial charge in [-0.2, -0.15) is 5.10 Å². The first kappa shape index (κ1) is 25.0. The molecule has 0 spiro atoms. The zero-order valence-corrected chi connectivity index (χ0v) is 20.8. The van der Waals surface area contributed by atoms with Crippen LogP contribution in [-0.4, -0.2) is 80.4 Å². The van der Waals surface area contributed by atoms with Gasteiger partial charge in [0, 0.05) is 69.2 Å². The molecule has 4 rings (SSSR count). The van der Waals surface area contributed by atoms with Gasteiger partial charge in [0.1, 0.15) is 5.75 Å². The number of hydrogen-bond donors (Lipinski definition) is 1. The Bertz CT molecular complexity index is 1050.